The normalized spacial score (nSPS) is 27.4. The van der Waals surface area contributed by atoms with Gasteiger partial charge in [0.05, 0.1) is 23.7 Å². The van der Waals surface area contributed by atoms with Crippen LogP contribution in [0.5, 0.6) is 0 Å². The molecule has 3 fully saturated rings. The molecule has 194 valence electrons. The summed E-state index contributed by atoms with van der Waals surface area (Å²) in [5, 5.41) is 12.2. The first kappa shape index (κ1) is 25.6. The summed E-state index contributed by atoms with van der Waals surface area (Å²) in [4.78, 5) is 28.9. The number of anilines is 2. The van der Waals surface area contributed by atoms with Gasteiger partial charge < -0.3 is 19.6 Å². The van der Waals surface area contributed by atoms with Crippen LogP contribution in [0.15, 0.2) is 18.2 Å². The van der Waals surface area contributed by atoms with Gasteiger partial charge in [-0.05, 0) is 69.6 Å². The number of hydrogen-bond acceptors (Lipinski definition) is 5. The van der Waals surface area contributed by atoms with Crippen molar-refractivity contribution in [2.75, 3.05) is 36.5 Å². The fourth-order valence-electron chi connectivity index (χ4n) is 5.75. The Morgan fingerprint density at radius 2 is 1.94 bits per heavy atom. The van der Waals surface area contributed by atoms with E-state index in [1.165, 1.54) is 12.1 Å². The van der Waals surface area contributed by atoms with Crippen molar-refractivity contribution in [3.05, 3.63) is 23.8 Å². The molecule has 2 amide bonds. The summed E-state index contributed by atoms with van der Waals surface area (Å²) < 4.78 is 47.0. The van der Waals surface area contributed by atoms with Gasteiger partial charge in [-0.3, -0.25) is 10.1 Å². The van der Waals surface area contributed by atoms with Gasteiger partial charge >= 0.3 is 12.3 Å². The van der Waals surface area contributed by atoms with E-state index in [9.17, 15) is 27.9 Å². The highest BCUT2D eigenvalue weighted by molar-refractivity contribution is 5.87. The number of benzene rings is 1. The predicted molar refractivity (Wildman–Crippen MR) is 125 cm³/mol. The van der Waals surface area contributed by atoms with Crippen molar-refractivity contribution in [1.29, 1.82) is 0 Å². The number of nitrogens with one attached hydrogen (secondary N) is 1. The molecule has 0 aromatic heterocycles. The fraction of sp³-hybridized carbons (Fsp3) is 0.680. The van der Waals surface area contributed by atoms with Gasteiger partial charge in [0.25, 0.3) is 0 Å². The van der Waals surface area contributed by atoms with Crippen LogP contribution in [-0.2, 0) is 15.7 Å². The molecular weight excluding hydrogens is 463 g/mol. The van der Waals surface area contributed by atoms with Crippen LogP contribution < -0.4 is 10.2 Å². The summed E-state index contributed by atoms with van der Waals surface area (Å²) in [5.41, 5.74) is -1.49. The third-order valence-electron chi connectivity index (χ3n) is 7.56. The number of aliphatic hydroxyl groups is 1. The van der Waals surface area contributed by atoms with Crippen LogP contribution in [0.25, 0.3) is 0 Å². The Labute approximate surface area is 203 Å². The smallest absolute Gasteiger partial charge is 0.418 e. The molecule has 0 radical (unpaired) electrons. The largest absolute Gasteiger partial charge is 0.449 e. The van der Waals surface area contributed by atoms with E-state index in [0.717, 1.165) is 18.9 Å². The highest BCUT2D eigenvalue weighted by atomic mass is 19.4. The van der Waals surface area contributed by atoms with Crippen molar-refractivity contribution in [3.8, 4) is 0 Å². The number of amides is 2. The maximum Gasteiger partial charge on any atom is 0.418 e. The number of carbonyl (C=O) groups is 2. The highest BCUT2D eigenvalue weighted by Gasteiger charge is 2.51. The Hall–Kier alpha value is -2.49. The summed E-state index contributed by atoms with van der Waals surface area (Å²) in [6.45, 7) is 3.29. The Kier molecular flexibility index (Phi) is 7.49. The second-order valence-corrected chi connectivity index (χ2v) is 10.0. The third-order valence-corrected chi connectivity index (χ3v) is 7.56. The van der Waals surface area contributed by atoms with E-state index in [4.69, 9.17) is 4.74 Å². The van der Waals surface area contributed by atoms with Gasteiger partial charge in [-0.25, -0.2) is 4.79 Å². The van der Waals surface area contributed by atoms with Crippen molar-refractivity contribution in [1.82, 2.24) is 4.90 Å². The van der Waals surface area contributed by atoms with Gasteiger partial charge in [-0.15, -0.1) is 0 Å². The highest BCUT2D eigenvalue weighted by Crippen LogP contribution is 2.46. The lowest BCUT2D eigenvalue weighted by Crippen LogP contribution is -2.50. The summed E-state index contributed by atoms with van der Waals surface area (Å²) in [7, 11) is 0. The van der Waals surface area contributed by atoms with Gasteiger partial charge in [0, 0.05) is 37.1 Å². The van der Waals surface area contributed by atoms with E-state index in [-0.39, 0.29) is 42.6 Å². The average Bonchev–Trinajstić information content (AvgIpc) is 3.12. The summed E-state index contributed by atoms with van der Waals surface area (Å²) in [6.07, 6.45) is -0.321. The Morgan fingerprint density at radius 3 is 2.63 bits per heavy atom. The first-order valence-electron chi connectivity index (χ1n) is 12.5. The van der Waals surface area contributed by atoms with Gasteiger partial charge in [0.15, 0.2) is 0 Å². The van der Waals surface area contributed by atoms with Crippen molar-refractivity contribution in [2.45, 2.75) is 76.6 Å². The molecule has 35 heavy (non-hydrogen) atoms. The zero-order valence-electron chi connectivity index (χ0n) is 20.1. The zero-order valence-corrected chi connectivity index (χ0v) is 20.1. The number of nitrogens with zero attached hydrogens (tertiary/aromatic N) is 2. The first-order valence-corrected chi connectivity index (χ1v) is 12.5. The lowest BCUT2D eigenvalue weighted by molar-refractivity contribution is -0.139. The van der Waals surface area contributed by atoms with Crippen LogP contribution in [-0.4, -0.2) is 60.4 Å². The number of rotatable bonds is 5. The molecule has 3 aliphatic rings. The summed E-state index contributed by atoms with van der Waals surface area (Å²) >= 11 is 0. The van der Waals surface area contributed by atoms with Gasteiger partial charge in [0.1, 0.15) is 0 Å². The molecular formula is C25H34F3N3O4. The molecule has 10 heteroatoms. The minimum atomic E-state index is -4.63. The van der Waals surface area contributed by atoms with E-state index in [1.807, 2.05) is 11.8 Å². The van der Waals surface area contributed by atoms with Gasteiger partial charge in [0.2, 0.25) is 5.91 Å². The molecule has 1 aliphatic carbocycles. The Bertz CT molecular complexity index is 933. The molecule has 1 saturated carbocycles. The van der Waals surface area contributed by atoms with E-state index in [2.05, 4.69) is 5.32 Å². The number of likely N-dealkylation sites (tertiary alicyclic amines) is 1. The van der Waals surface area contributed by atoms with Crippen molar-refractivity contribution < 1.29 is 32.6 Å². The molecule has 2 heterocycles. The molecule has 0 bridgehead atoms. The number of alkyl halides is 3. The third kappa shape index (κ3) is 5.52. The standard InChI is InChI=1S/C25H34F3N3O4/c1-2-14-35-23(34)29-17-4-9-21(20(15-17)25(26,27)28)30-12-3-10-24(16-30)11-13-31(22(24)33)18-5-7-19(32)8-6-18/h4,9,15,18-19,32H,2-3,5-8,10-14,16H2,1H3,(H,29,34)/t18-,19-,24-/m1/s1. The quantitative estimate of drug-likeness (QED) is 0.612. The maximum absolute atomic E-state index is 14.0. The number of carbonyl (C=O) groups excluding carboxylic acids is 2. The van der Waals surface area contributed by atoms with Crippen LogP contribution >= 0.6 is 0 Å². The van der Waals surface area contributed by atoms with Crippen LogP contribution in [0, 0.1) is 5.41 Å². The van der Waals surface area contributed by atoms with Crippen molar-refractivity contribution in [3.63, 3.8) is 0 Å². The van der Waals surface area contributed by atoms with E-state index in [1.54, 1.807) is 4.90 Å². The fourth-order valence-corrected chi connectivity index (χ4v) is 5.75. The maximum atomic E-state index is 14.0. The second-order valence-electron chi connectivity index (χ2n) is 10.0. The first-order chi connectivity index (χ1) is 16.6. The number of ether oxygens (including phenoxy) is 1. The molecule has 2 aliphatic heterocycles. The van der Waals surface area contributed by atoms with E-state index >= 15 is 0 Å². The average molecular weight is 498 g/mol. The molecule has 7 nitrogen and oxygen atoms in total. The number of aliphatic hydroxyl groups excluding tert-OH is 1. The molecule has 0 unspecified atom stereocenters. The lowest BCUT2D eigenvalue weighted by Gasteiger charge is -2.42. The van der Waals surface area contributed by atoms with Crippen molar-refractivity contribution in [2.24, 2.45) is 5.41 Å². The lowest BCUT2D eigenvalue weighted by atomic mass is 9.78. The molecule has 1 atom stereocenters. The number of hydrogen-bond donors (Lipinski definition) is 2. The van der Waals surface area contributed by atoms with Crippen LogP contribution in [0.1, 0.15) is 63.9 Å². The second kappa shape index (κ2) is 10.2. The summed E-state index contributed by atoms with van der Waals surface area (Å²) in [5.74, 6) is 0.0362. The topological polar surface area (TPSA) is 82.1 Å². The Morgan fingerprint density at radius 1 is 1.20 bits per heavy atom. The van der Waals surface area contributed by atoms with Crippen LogP contribution in [0.4, 0.5) is 29.3 Å². The zero-order chi connectivity index (χ0) is 25.2. The molecule has 2 saturated heterocycles. The molecule has 1 aromatic carbocycles. The minimum Gasteiger partial charge on any atom is -0.449 e. The van der Waals surface area contributed by atoms with Crippen LogP contribution in [0.3, 0.4) is 0 Å². The number of piperidine rings is 1. The molecule has 4 rings (SSSR count). The predicted octanol–water partition coefficient (Wildman–Crippen LogP) is 4.79. The van der Waals surface area contributed by atoms with Gasteiger partial charge in [-0.1, -0.05) is 6.92 Å². The van der Waals surface area contributed by atoms with E-state index in [0.29, 0.717) is 51.6 Å². The van der Waals surface area contributed by atoms with Gasteiger partial charge in [-0.2, -0.15) is 13.2 Å². The Balaban J connectivity index is 1.53. The van der Waals surface area contributed by atoms with Crippen molar-refractivity contribution >= 4 is 23.4 Å². The summed E-state index contributed by atoms with van der Waals surface area (Å²) in [6, 6.07) is 3.84. The molecule has 1 spiro atoms. The van der Waals surface area contributed by atoms with E-state index < -0.39 is 23.2 Å². The minimum absolute atomic E-state index is 0.0107. The van der Waals surface area contributed by atoms with Crippen LogP contribution in [0.2, 0.25) is 0 Å². The number of halogens is 3. The molecule has 1 aromatic rings. The SMILES string of the molecule is CCCOC(=O)Nc1ccc(N2CCC[C@@]3(CCN([C@H]4CC[C@H](O)CC4)C3=O)C2)c(C(F)(F)F)c1. The molecule has 2 N–H and O–H groups in total. The monoisotopic (exact) mass is 497 g/mol.